The number of hydrogen-bond acceptors (Lipinski definition) is 6. The largest absolute Gasteiger partial charge is 0.475 e. The van der Waals surface area contributed by atoms with Crippen molar-refractivity contribution in [2.75, 3.05) is 11.9 Å². The number of nitrogens with zero attached hydrogens (tertiary/aromatic N) is 6. The zero-order valence-electron chi connectivity index (χ0n) is 17.3. The number of hydrogen-bond donors (Lipinski definition) is 1. The maximum atomic E-state index is 6.38. The summed E-state index contributed by atoms with van der Waals surface area (Å²) < 4.78 is 10.0. The molecular formula is C21H22ClN7O. The van der Waals surface area contributed by atoms with Crippen LogP contribution in [0.25, 0.3) is 16.7 Å². The molecule has 4 aromatic heterocycles. The molecule has 9 heteroatoms. The van der Waals surface area contributed by atoms with Crippen LogP contribution >= 0.6 is 11.6 Å². The molecule has 0 saturated carbocycles. The summed E-state index contributed by atoms with van der Waals surface area (Å²) >= 11 is 6.38. The van der Waals surface area contributed by atoms with Crippen molar-refractivity contribution in [2.45, 2.75) is 34.2 Å². The van der Waals surface area contributed by atoms with Crippen LogP contribution in [0.5, 0.6) is 5.88 Å². The average molecular weight is 424 g/mol. The Balaban J connectivity index is 1.66. The predicted octanol–water partition coefficient (Wildman–Crippen LogP) is 4.36. The summed E-state index contributed by atoms with van der Waals surface area (Å²) in [6, 6.07) is 4.00. The highest BCUT2D eigenvalue weighted by molar-refractivity contribution is 6.35. The number of aromatic nitrogens is 6. The fourth-order valence-corrected chi connectivity index (χ4v) is 4.06. The number of aryl methyl sites for hydroxylation is 2. The normalized spacial score (nSPS) is 16.1. The van der Waals surface area contributed by atoms with Gasteiger partial charge in [0.1, 0.15) is 11.3 Å². The quantitative estimate of drug-likeness (QED) is 0.489. The van der Waals surface area contributed by atoms with Crippen LogP contribution in [0.15, 0.2) is 24.5 Å². The highest BCUT2D eigenvalue weighted by atomic mass is 35.5. The van der Waals surface area contributed by atoms with E-state index in [1.54, 1.807) is 6.20 Å². The molecular weight excluding hydrogens is 402 g/mol. The lowest BCUT2D eigenvalue weighted by molar-refractivity contribution is 0.237. The lowest BCUT2D eigenvalue weighted by Gasteiger charge is -2.13. The summed E-state index contributed by atoms with van der Waals surface area (Å²) in [5.41, 5.74) is 5.22. The molecule has 30 heavy (non-hydrogen) atoms. The molecule has 1 aliphatic rings. The maximum absolute atomic E-state index is 6.38. The molecule has 2 bridgehead atoms. The van der Waals surface area contributed by atoms with Crippen LogP contribution in [0, 0.1) is 26.7 Å². The third kappa shape index (κ3) is 3.08. The van der Waals surface area contributed by atoms with E-state index in [0.29, 0.717) is 23.5 Å². The van der Waals surface area contributed by atoms with E-state index in [1.807, 2.05) is 43.8 Å². The maximum Gasteiger partial charge on any atom is 0.257 e. The van der Waals surface area contributed by atoms with Crippen LogP contribution in [0.3, 0.4) is 0 Å². The second kappa shape index (κ2) is 6.98. The van der Waals surface area contributed by atoms with Crippen LogP contribution in [-0.4, -0.2) is 35.9 Å². The first kappa shape index (κ1) is 18.9. The van der Waals surface area contributed by atoms with Gasteiger partial charge in [0.15, 0.2) is 0 Å². The summed E-state index contributed by atoms with van der Waals surface area (Å²) in [7, 11) is 0. The second-order valence-electron chi connectivity index (χ2n) is 7.84. The molecule has 0 aliphatic carbocycles. The monoisotopic (exact) mass is 423 g/mol. The van der Waals surface area contributed by atoms with Gasteiger partial charge in [0.25, 0.3) is 5.88 Å². The number of anilines is 2. The van der Waals surface area contributed by atoms with Gasteiger partial charge in [-0.1, -0.05) is 18.5 Å². The van der Waals surface area contributed by atoms with Crippen molar-refractivity contribution in [2.24, 2.45) is 5.92 Å². The number of ether oxygens (including phenoxy) is 1. The van der Waals surface area contributed by atoms with E-state index in [4.69, 9.17) is 26.4 Å². The van der Waals surface area contributed by atoms with Gasteiger partial charge in [-0.25, -0.2) is 9.67 Å². The van der Waals surface area contributed by atoms with E-state index in [9.17, 15) is 0 Å². The van der Waals surface area contributed by atoms with Gasteiger partial charge in [0, 0.05) is 30.6 Å². The molecule has 0 unspecified atom stereocenters. The molecule has 5 heterocycles. The van der Waals surface area contributed by atoms with Crippen molar-refractivity contribution in [1.82, 2.24) is 29.3 Å². The SMILES string of the molecule is Cc1ccc(-n2nc3c(c2C)Nc2ncc4c(Cl)cn(c4n2)C[C@H](C)CO3)c(C)n1. The minimum Gasteiger partial charge on any atom is -0.475 e. The third-order valence-corrected chi connectivity index (χ3v) is 5.63. The van der Waals surface area contributed by atoms with Crippen LogP contribution in [0.1, 0.15) is 24.0 Å². The van der Waals surface area contributed by atoms with E-state index in [-0.39, 0.29) is 5.92 Å². The first-order valence-electron chi connectivity index (χ1n) is 9.86. The van der Waals surface area contributed by atoms with Gasteiger partial charge >= 0.3 is 0 Å². The Hall–Kier alpha value is -3.13. The van der Waals surface area contributed by atoms with Crippen molar-refractivity contribution >= 4 is 34.3 Å². The lowest BCUT2D eigenvalue weighted by atomic mass is 10.2. The van der Waals surface area contributed by atoms with Crippen molar-refractivity contribution in [3.8, 4) is 11.6 Å². The summed E-state index contributed by atoms with van der Waals surface area (Å²) in [5, 5.41) is 9.54. The van der Waals surface area contributed by atoms with Crippen LogP contribution in [0.2, 0.25) is 5.02 Å². The number of nitrogens with one attached hydrogen (secondary N) is 1. The zero-order chi connectivity index (χ0) is 21.0. The van der Waals surface area contributed by atoms with Crippen molar-refractivity contribution in [3.05, 3.63) is 46.6 Å². The lowest BCUT2D eigenvalue weighted by Crippen LogP contribution is -2.15. The number of halogens is 1. The number of fused-ring (bicyclic) bond motifs is 2. The van der Waals surface area contributed by atoms with Gasteiger partial charge in [0.05, 0.1) is 34.1 Å². The summed E-state index contributed by atoms with van der Waals surface area (Å²) in [5.74, 6) is 1.22. The van der Waals surface area contributed by atoms with Crippen LogP contribution < -0.4 is 10.1 Å². The molecule has 1 aliphatic heterocycles. The van der Waals surface area contributed by atoms with Gasteiger partial charge < -0.3 is 14.6 Å². The highest BCUT2D eigenvalue weighted by Crippen LogP contribution is 2.34. The van der Waals surface area contributed by atoms with Gasteiger partial charge in [0.2, 0.25) is 5.95 Å². The summed E-state index contributed by atoms with van der Waals surface area (Å²) in [6.45, 7) is 9.32. The molecule has 0 radical (unpaired) electrons. The van der Waals surface area contributed by atoms with Gasteiger partial charge in [-0.05, 0) is 32.9 Å². The second-order valence-corrected chi connectivity index (χ2v) is 8.24. The molecule has 0 aromatic carbocycles. The van der Waals surface area contributed by atoms with Crippen LogP contribution in [-0.2, 0) is 6.54 Å². The Labute approximate surface area is 178 Å². The van der Waals surface area contributed by atoms with Gasteiger partial charge in [-0.2, -0.15) is 4.98 Å². The zero-order valence-corrected chi connectivity index (χ0v) is 18.0. The minimum atomic E-state index is 0.231. The molecule has 8 nitrogen and oxygen atoms in total. The Morgan fingerprint density at radius 1 is 1.20 bits per heavy atom. The Bertz CT molecular complexity index is 1280. The van der Waals surface area contributed by atoms with Crippen molar-refractivity contribution < 1.29 is 4.74 Å². The minimum absolute atomic E-state index is 0.231. The van der Waals surface area contributed by atoms with Crippen molar-refractivity contribution in [3.63, 3.8) is 0 Å². The third-order valence-electron chi connectivity index (χ3n) is 5.33. The Morgan fingerprint density at radius 2 is 2.03 bits per heavy atom. The average Bonchev–Trinajstić information content (AvgIpc) is 3.17. The van der Waals surface area contributed by atoms with E-state index in [1.165, 1.54) is 0 Å². The van der Waals surface area contributed by atoms with Crippen LogP contribution in [0.4, 0.5) is 11.6 Å². The molecule has 154 valence electrons. The Kier molecular flexibility index (Phi) is 4.39. The number of pyridine rings is 1. The highest BCUT2D eigenvalue weighted by Gasteiger charge is 2.22. The fraction of sp³-hybridized carbons (Fsp3) is 0.333. The van der Waals surface area contributed by atoms with Gasteiger partial charge in [-0.15, -0.1) is 5.10 Å². The van der Waals surface area contributed by atoms with Crippen molar-refractivity contribution in [1.29, 1.82) is 0 Å². The molecule has 0 fully saturated rings. The van der Waals surface area contributed by atoms with E-state index < -0.39 is 0 Å². The molecule has 0 saturated heterocycles. The molecule has 4 aromatic rings. The standard InChI is InChI=1S/C21H22ClN7O/c1-11-8-28-9-16(22)15-7-23-21(26-19(15)28)25-18-14(4)29(27-20(18)30-10-11)17-6-5-12(2)24-13(17)3/h5-7,9,11H,8,10H2,1-4H3,(H,23,25,26)/t11-/m0/s1. The van der Waals surface area contributed by atoms with Gasteiger partial charge in [-0.3, -0.25) is 4.98 Å². The first-order valence-corrected chi connectivity index (χ1v) is 10.2. The topological polar surface area (TPSA) is 82.7 Å². The predicted molar refractivity (Wildman–Crippen MR) is 116 cm³/mol. The summed E-state index contributed by atoms with van der Waals surface area (Å²) in [6.07, 6.45) is 3.65. The molecule has 1 atom stereocenters. The number of rotatable bonds is 1. The van der Waals surface area contributed by atoms with E-state index in [2.05, 4.69) is 26.8 Å². The molecule has 1 N–H and O–H groups in total. The summed E-state index contributed by atoms with van der Waals surface area (Å²) in [4.78, 5) is 13.7. The molecule has 0 spiro atoms. The van der Waals surface area contributed by atoms with E-state index >= 15 is 0 Å². The first-order chi connectivity index (χ1) is 14.4. The smallest absolute Gasteiger partial charge is 0.257 e. The Morgan fingerprint density at radius 3 is 2.83 bits per heavy atom. The molecule has 0 amide bonds. The van der Waals surface area contributed by atoms with E-state index in [0.717, 1.165) is 46.0 Å². The fourth-order valence-electron chi connectivity index (χ4n) is 3.81. The molecule has 5 rings (SSSR count).